The van der Waals surface area contributed by atoms with Crippen molar-refractivity contribution in [3.8, 4) is 80.5 Å². The lowest BCUT2D eigenvalue weighted by atomic mass is 9.71. The van der Waals surface area contributed by atoms with Gasteiger partial charge in [-0.2, -0.15) is 0 Å². The number of phenols is 10. The molecule has 0 amide bonds. The maximum Gasteiger partial charge on any atom is 0.305 e. The molecular weight excluding hydrogens is 812 g/mol. The minimum absolute atomic E-state index is 0.0284. The Kier molecular flexibility index (Phi) is 8.37. The second kappa shape index (κ2) is 13.5. The van der Waals surface area contributed by atoms with Crippen LogP contribution in [0.15, 0.2) is 84.9 Å². The Morgan fingerprint density at radius 1 is 0.452 bits per heavy atom. The molecule has 0 saturated carbocycles. The maximum atomic E-state index is 12.5. The highest BCUT2D eigenvalue weighted by atomic mass is 16.7. The van der Waals surface area contributed by atoms with E-state index >= 15 is 0 Å². The summed E-state index contributed by atoms with van der Waals surface area (Å²) >= 11 is 0. The first-order chi connectivity index (χ1) is 29.6. The molecule has 0 saturated heterocycles. The predicted octanol–water partition coefficient (Wildman–Crippen LogP) is 4.54. The molecule has 8 atom stereocenters. The summed E-state index contributed by atoms with van der Waals surface area (Å²) in [5.41, 5.74) is -0.0983. The number of aliphatic hydroxyl groups excluding tert-OH is 3. The van der Waals surface area contributed by atoms with Gasteiger partial charge < -0.3 is 85.3 Å². The first kappa shape index (κ1) is 38.6. The van der Waals surface area contributed by atoms with Gasteiger partial charge in [-0.15, -0.1) is 0 Å². The summed E-state index contributed by atoms with van der Waals surface area (Å²) in [6.07, 6.45) is -7.83. The highest BCUT2D eigenvalue weighted by Crippen LogP contribution is 2.65. The van der Waals surface area contributed by atoms with Crippen molar-refractivity contribution < 1.29 is 85.3 Å². The van der Waals surface area contributed by atoms with Gasteiger partial charge in [0.1, 0.15) is 75.8 Å². The molecule has 4 aliphatic rings. The van der Waals surface area contributed by atoms with Crippen molar-refractivity contribution in [3.63, 3.8) is 0 Å². The first-order valence-corrected chi connectivity index (χ1v) is 19.2. The van der Waals surface area contributed by atoms with Crippen LogP contribution in [0.2, 0.25) is 0 Å². The molecule has 0 aliphatic carbocycles. The fourth-order valence-corrected chi connectivity index (χ4v) is 9.27. The van der Waals surface area contributed by atoms with Gasteiger partial charge in [-0.3, -0.25) is 0 Å². The van der Waals surface area contributed by atoms with Gasteiger partial charge in [-0.1, -0.05) is 18.2 Å². The van der Waals surface area contributed by atoms with Gasteiger partial charge in [-0.25, -0.2) is 0 Å². The quantitative estimate of drug-likeness (QED) is 0.108. The maximum absolute atomic E-state index is 12.5. The highest BCUT2D eigenvalue weighted by Gasteiger charge is 2.61. The minimum Gasteiger partial charge on any atom is -0.508 e. The molecule has 0 radical (unpaired) electrons. The number of rotatable bonds is 4. The van der Waals surface area contributed by atoms with Crippen molar-refractivity contribution in [2.45, 2.75) is 54.6 Å². The lowest BCUT2D eigenvalue weighted by molar-refractivity contribution is -0.219. The van der Waals surface area contributed by atoms with Crippen LogP contribution in [0.4, 0.5) is 0 Å². The van der Waals surface area contributed by atoms with Crippen molar-refractivity contribution in [2.75, 3.05) is 0 Å². The molecule has 4 heterocycles. The van der Waals surface area contributed by atoms with Crippen LogP contribution in [0.25, 0.3) is 0 Å². The molecule has 17 heteroatoms. The molecular formula is C45H36O17. The van der Waals surface area contributed by atoms with Crippen LogP contribution in [0, 0.1) is 0 Å². The Morgan fingerprint density at radius 3 is 1.74 bits per heavy atom. The van der Waals surface area contributed by atoms with Crippen LogP contribution >= 0.6 is 0 Å². The zero-order valence-corrected chi connectivity index (χ0v) is 31.8. The monoisotopic (exact) mass is 848 g/mol. The van der Waals surface area contributed by atoms with Gasteiger partial charge in [0.2, 0.25) is 0 Å². The van der Waals surface area contributed by atoms with Crippen LogP contribution in [0.1, 0.15) is 68.6 Å². The molecule has 6 aromatic rings. The van der Waals surface area contributed by atoms with E-state index in [0.29, 0.717) is 5.56 Å². The van der Waals surface area contributed by atoms with Gasteiger partial charge in [-0.05, 0) is 53.6 Å². The third-order valence-electron chi connectivity index (χ3n) is 12.1. The zero-order chi connectivity index (χ0) is 43.7. The Bertz CT molecular complexity index is 2840. The lowest BCUT2D eigenvalue weighted by Gasteiger charge is -2.51. The van der Waals surface area contributed by atoms with Crippen molar-refractivity contribution in [1.29, 1.82) is 0 Å². The molecule has 0 fully saturated rings. The second-order valence-electron chi connectivity index (χ2n) is 15.7. The number of benzene rings is 6. The molecule has 17 nitrogen and oxygen atoms in total. The SMILES string of the molecule is Oc1ccc([C@H]2Oc3c(c(O)cc(O)c3[C@H]3c4c(O)cc5c(c4O[C@H](c4ccc(O)c(O)c4)[C@@H]3O)[C@@H]3c4c(O)cc(O)cc4O[C@](c4ccc(O)c(O)c4)(O5)[C@@H]3O)C[C@H]2O)cc1. The fraction of sp³-hybridized carbons (Fsp3) is 0.200. The standard InChI is InChI=1S/C45H36O17/c46-19-5-1-16(2-6-19)40-30(56)13-21-24(50)14-28(54)34(42(21)59-40)37-35-29(55)15-32-36(43(35)60-41(39(37)57)17-3-7-22(48)25(51)9-17)38-33-27(53)11-20(47)12-31(33)61-45(62-32,44(38)58)18-4-8-23(49)26(52)10-18/h1-12,14-15,30,37-41,44,46-58H,13H2/t30-,37+,38+,39-,40-,41-,44-,45-/m1/s1. The molecule has 0 spiro atoms. The van der Waals surface area contributed by atoms with E-state index in [1.54, 1.807) is 0 Å². The Labute approximate surface area is 349 Å². The molecule has 2 bridgehead atoms. The molecule has 318 valence electrons. The lowest BCUT2D eigenvalue weighted by Crippen LogP contribution is -2.57. The number of phenolic OH excluding ortho intramolecular Hbond substituents is 10. The average Bonchev–Trinajstić information content (AvgIpc) is 3.21. The van der Waals surface area contributed by atoms with Crippen molar-refractivity contribution >= 4 is 0 Å². The third-order valence-corrected chi connectivity index (χ3v) is 12.1. The number of ether oxygens (including phenoxy) is 4. The smallest absolute Gasteiger partial charge is 0.305 e. The predicted molar refractivity (Wildman–Crippen MR) is 210 cm³/mol. The second-order valence-corrected chi connectivity index (χ2v) is 15.7. The number of hydrogen-bond donors (Lipinski definition) is 13. The summed E-state index contributed by atoms with van der Waals surface area (Å²) in [6, 6.07) is 17.1. The summed E-state index contributed by atoms with van der Waals surface area (Å²) < 4.78 is 25.7. The molecule has 10 rings (SSSR count). The summed E-state index contributed by atoms with van der Waals surface area (Å²) in [5, 5.41) is 145. The van der Waals surface area contributed by atoms with E-state index in [0.717, 1.165) is 48.5 Å². The molecule has 13 N–H and O–H groups in total. The average molecular weight is 849 g/mol. The Hall–Kier alpha value is -7.60. The minimum atomic E-state index is -2.29. The van der Waals surface area contributed by atoms with Crippen LogP contribution in [-0.4, -0.2) is 84.7 Å². The van der Waals surface area contributed by atoms with Gasteiger partial charge >= 0.3 is 5.79 Å². The van der Waals surface area contributed by atoms with Crippen LogP contribution < -0.4 is 18.9 Å². The van der Waals surface area contributed by atoms with Gasteiger partial charge in [0.25, 0.3) is 0 Å². The van der Waals surface area contributed by atoms with Crippen LogP contribution in [0.3, 0.4) is 0 Å². The van der Waals surface area contributed by atoms with E-state index in [4.69, 9.17) is 18.9 Å². The zero-order valence-electron chi connectivity index (χ0n) is 31.8. The molecule has 62 heavy (non-hydrogen) atoms. The molecule has 6 aromatic carbocycles. The van der Waals surface area contributed by atoms with Crippen molar-refractivity contribution in [2.24, 2.45) is 0 Å². The first-order valence-electron chi connectivity index (χ1n) is 19.2. The van der Waals surface area contributed by atoms with E-state index in [1.165, 1.54) is 36.4 Å². The molecule has 4 aliphatic heterocycles. The topological polar surface area (TPSA) is 300 Å². The summed E-state index contributed by atoms with van der Waals surface area (Å²) in [6.45, 7) is 0. The van der Waals surface area contributed by atoms with E-state index in [9.17, 15) is 66.4 Å². The largest absolute Gasteiger partial charge is 0.508 e. The van der Waals surface area contributed by atoms with E-state index in [-0.39, 0.29) is 74.1 Å². The highest BCUT2D eigenvalue weighted by molar-refractivity contribution is 5.72. The number of hydrogen-bond acceptors (Lipinski definition) is 17. The van der Waals surface area contributed by atoms with E-state index in [1.807, 2.05) is 0 Å². The Balaban J connectivity index is 1.25. The summed E-state index contributed by atoms with van der Waals surface area (Å²) in [5.74, 6) is -11.2. The van der Waals surface area contributed by atoms with Crippen LogP contribution in [0.5, 0.6) is 80.5 Å². The third kappa shape index (κ3) is 5.52. The Morgan fingerprint density at radius 2 is 1.05 bits per heavy atom. The molecule has 0 aromatic heterocycles. The van der Waals surface area contributed by atoms with Gasteiger partial charge in [0, 0.05) is 64.1 Å². The van der Waals surface area contributed by atoms with Gasteiger partial charge in [0.05, 0.1) is 17.9 Å². The fourth-order valence-electron chi connectivity index (χ4n) is 9.27. The summed E-state index contributed by atoms with van der Waals surface area (Å²) in [7, 11) is 0. The number of aromatic hydroxyl groups is 10. The van der Waals surface area contributed by atoms with E-state index in [2.05, 4.69) is 0 Å². The molecule has 0 unspecified atom stereocenters. The van der Waals surface area contributed by atoms with Gasteiger partial charge in [0.15, 0.2) is 29.1 Å². The van der Waals surface area contributed by atoms with Crippen molar-refractivity contribution in [1.82, 2.24) is 0 Å². The summed E-state index contributed by atoms with van der Waals surface area (Å²) in [4.78, 5) is 0. The van der Waals surface area contributed by atoms with E-state index < -0.39 is 99.9 Å². The van der Waals surface area contributed by atoms with Crippen LogP contribution in [-0.2, 0) is 12.2 Å². The number of fused-ring (bicyclic) bond motifs is 9. The normalized spacial score (nSPS) is 25.4. The van der Waals surface area contributed by atoms with Crippen molar-refractivity contribution in [3.05, 3.63) is 129 Å². The number of aliphatic hydroxyl groups is 3.